The van der Waals surface area contributed by atoms with E-state index in [1.807, 2.05) is 0 Å². The van der Waals surface area contributed by atoms with Gasteiger partial charge in [0, 0.05) is 56.2 Å². The maximum atomic E-state index is 10.8. The van der Waals surface area contributed by atoms with Crippen molar-refractivity contribution in [2.75, 3.05) is 37.6 Å². The summed E-state index contributed by atoms with van der Waals surface area (Å²) in [6.45, 7) is 6.22. The first-order chi connectivity index (χ1) is 15.4. The summed E-state index contributed by atoms with van der Waals surface area (Å²) in [7, 11) is 0. The molecule has 1 heterocycles. The Balaban J connectivity index is 0.000000539. The second-order valence-electron chi connectivity index (χ2n) is 6.54. The lowest BCUT2D eigenvalue weighted by molar-refractivity contribution is -0.134. The van der Waals surface area contributed by atoms with Crippen LogP contribution in [0, 0.1) is 6.92 Å². The van der Waals surface area contributed by atoms with E-state index in [1.165, 1.54) is 11.3 Å². The van der Waals surface area contributed by atoms with Crippen LogP contribution in [-0.4, -0.2) is 87.8 Å². The molecule has 12 nitrogen and oxygen atoms in total. The molecule has 1 amide bonds. The number of amides is 1. The smallest absolute Gasteiger partial charge is 0.328 e. The molecule has 1 aliphatic rings. The third kappa shape index (κ3) is 15.3. The number of primary amides is 1. The summed E-state index contributed by atoms with van der Waals surface area (Å²) in [6, 6.07) is 8.41. The Morgan fingerprint density at radius 3 is 1.52 bits per heavy atom. The van der Waals surface area contributed by atoms with E-state index in [1.54, 1.807) is 0 Å². The lowest BCUT2D eigenvalue weighted by Gasteiger charge is -2.36. The van der Waals surface area contributed by atoms with Crippen molar-refractivity contribution in [2.45, 2.75) is 6.92 Å². The van der Waals surface area contributed by atoms with E-state index in [0.717, 1.165) is 26.2 Å². The van der Waals surface area contributed by atoms with Crippen molar-refractivity contribution < 1.29 is 44.4 Å². The van der Waals surface area contributed by atoms with E-state index < -0.39 is 23.9 Å². The lowest BCUT2D eigenvalue weighted by Crippen LogP contribution is -2.49. The number of nitrogens with two attached hydrogens (primary N) is 1. The number of nitrogens with zero attached hydrogens (tertiary/aromatic N) is 2. The van der Waals surface area contributed by atoms with Crippen LogP contribution in [0.3, 0.4) is 0 Å². The minimum atomic E-state index is -1.26. The number of benzene rings is 1. The lowest BCUT2D eigenvalue weighted by atomic mass is 10.1. The van der Waals surface area contributed by atoms with E-state index in [2.05, 4.69) is 41.0 Å². The summed E-state index contributed by atoms with van der Waals surface area (Å²) in [5, 5.41) is 31.2. The largest absolute Gasteiger partial charge is 0.478 e. The Bertz CT molecular complexity index is 823. The number of para-hydroxylation sites is 1. The summed E-state index contributed by atoms with van der Waals surface area (Å²) in [4.78, 5) is 53.5. The quantitative estimate of drug-likeness (QED) is 0.340. The average Bonchev–Trinajstić information content (AvgIpc) is 2.72. The first kappa shape index (κ1) is 28.8. The zero-order valence-corrected chi connectivity index (χ0v) is 18.0. The highest BCUT2D eigenvalue weighted by Crippen LogP contribution is 2.20. The average molecular weight is 465 g/mol. The molecule has 0 atom stereocenters. The van der Waals surface area contributed by atoms with E-state index in [0.29, 0.717) is 30.8 Å². The van der Waals surface area contributed by atoms with E-state index in [9.17, 15) is 24.0 Å². The zero-order valence-electron chi connectivity index (χ0n) is 18.0. The molecule has 12 heteroatoms. The minimum Gasteiger partial charge on any atom is -0.478 e. The van der Waals surface area contributed by atoms with Gasteiger partial charge in [-0.05, 0) is 18.6 Å². The van der Waals surface area contributed by atoms with Gasteiger partial charge in [0.25, 0.3) is 0 Å². The highest BCUT2D eigenvalue weighted by molar-refractivity contribution is 5.90. The van der Waals surface area contributed by atoms with Crippen LogP contribution in [0.15, 0.2) is 48.6 Å². The standard InChI is InChI=1S/C13H19N3O.2C4H4O4/c1-11-4-2-3-5-12(11)16-8-6-15(7-9-16)10-13(14)17;2*5-3(6)1-2-4(7)8/h2-5H,6-10H2,1H3,(H2,14,17);2*1-2H,(H,5,6)(H,7,8)/b;2*2-1+. The number of aliphatic carboxylic acids is 4. The zero-order chi connectivity index (χ0) is 25.4. The van der Waals surface area contributed by atoms with Crippen LogP contribution < -0.4 is 10.6 Å². The number of carboxylic acids is 4. The van der Waals surface area contributed by atoms with Crippen molar-refractivity contribution in [3.63, 3.8) is 0 Å². The molecule has 2 rings (SSSR count). The Labute approximate surface area is 189 Å². The number of piperazine rings is 1. The molecule has 1 fully saturated rings. The van der Waals surface area contributed by atoms with Crippen molar-refractivity contribution in [1.29, 1.82) is 0 Å². The molecule has 0 aliphatic carbocycles. The summed E-state index contributed by atoms with van der Waals surface area (Å²) in [5.74, 6) is -5.27. The second kappa shape index (κ2) is 15.6. The summed E-state index contributed by atoms with van der Waals surface area (Å²) >= 11 is 0. The normalized spacial score (nSPS) is 13.4. The van der Waals surface area contributed by atoms with Crippen LogP contribution in [0.4, 0.5) is 5.69 Å². The Morgan fingerprint density at radius 1 is 0.788 bits per heavy atom. The molecule has 6 N–H and O–H groups in total. The van der Waals surface area contributed by atoms with Gasteiger partial charge < -0.3 is 31.1 Å². The van der Waals surface area contributed by atoms with Gasteiger partial charge in [0.15, 0.2) is 0 Å². The first-order valence-electron chi connectivity index (χ1n) is 9.51. The molecule has 0 spiro atoms. The Morgan fingerprint density at radius 2 is 1.18 bits per heavy atom. The third-order valence-electron chi connectivity index (χ3n) is 3.94. The molecule has 0 unspecified atom stereocenters. The number of carboxylic acid groups (broad SMARTS) is 4. The molecule has 1 saturated heterocycles. The van der Waals surface area contributed by atoms with Crippen LogP contribution in [0.1, 0.15) is 5.56 Å². The molecule has 1 aromatic rings. The Hall–Kier alpha value is -4.19. The fraction of sp³-hybridized carbons (Fsp3) is 0.286. The van der Waals surface area contributed by atoms with Gasteiger partial charge in [0.1, 0.15) is 0 Å². The second-order valence-corrected chi connectivity index (χ2v) is 6.54. The molecule has 0 bridgehead atoms. The number of anilines is 1. The topological polar surface area (TPSA) is 199 Å². The third-order valence-corrected chi connectivity index (χ3v) is 3.94. The van der Waals surface area contributed by atoms with Gasteiger partial charge in [-0.25, -0.2) is 19.2 Å². The molecule has 33 heavy (non-hydrogen) atoms. The van der Waals surface area contributed by atoms with Crippen molar-refractivity contribution in [2.24, 2.45) is 5.73 Å². The number of hydrogen-bond donors (Lipinski definition) is 5. The molecular weight excluding hydrogens is 438 g/mol. The number of carbonyl (C=O) groups is 5. The fourth-order valence-electron chi connectivity index (χ4n) is 2.57. The predicted molar refractivity (Wildman–Crippen MR) is 118 cm³/mol. The minimum absolute atomic E-state index is 0.241. The SMILES string of the molecule is Cc1ccccc1N1CCN(CC(N)=O)CC1.O=C(O)/C=C/C(=O)O.O=C(O)/C=C/C(=O)O. The van der Waals surface area contributed by atoms with Crippen LogP contribution in [0.5, 0.6) is 0 Å². The van der Waals surface area contributed by atoms with Gasteiger partial charge in [0.2, 0.25) is 5.91 Å². The van der Waals surface area contributed by atoms with Crippen molar-refractivity contribution >= 4 is 35.5 Å². The van der Waals surface area contributed by atoms with Gasteiger partial charge in [-0.2, -0.15) is 0 Å². The summed E-state index contributed by atoms with van der Waals surface area (Å²) < 4.78 is 0. The molecule has 1 aliphatic heterocycles. The van der Waals surface area contributed by atoms with Crippen molar-refractivity contribution in [1.82, 2.24) is 4.90 Å². The first-order valence-corrected chi connectivity index (χ1v) is 9.51. The van der Waals surface area contributed by atoms with Crippen LogP contribution >= 0.6 is 0 Å². The molecule has 1 aromatic carbocycles. The number of aryl methyl sites for hydroxylation is 1. The van der Waals surface area contributed by atoms with Crippen molar-refractivity contribution in [3.8, 4) is 0 Å². The fourth-order valence-corrected chi connectivity index (χ4v) is 2.57. The number of rotatable bonds is 7. The molecule has 180 valence electrons. The van der Waals surface area contributed by atoms with Gasteiger partial charge in [-0.15, -0.1) is 0 Å². The summed E-state index contributed by atoms with van der Waals surface area (Å²) in [6.07, 6.45) is 2.23. The van der Waals surface area contributed by atoms with Crippen LogP contribution in [0.25, 0.3) is 0 Å². The monoisotopic (exact) mass is 465 g/mol. The summed E-state index contributed by atoms with van der Waals surface area (Å²) in [5.41, 5.74) is 7.80. The van der Waals surface area contributed by atoms with E-state index in [-0.39, 0.29) is 5.91 Å². The predicted octanol–water partition coefficient (Wildman–Crippen LogP) is 0.0259. The van der Waals surface area contributed by atoms with E-state index >= 15 is 0 Å². The highest BCUT2D eigenvalue weighted by atomic mass is 16.4. The Kier molecular flexibility index (Phi) is 13.6. The maximum absolute atomic E-state index is 10.8. The van der Waals surface area contributed by atoms with Crippen molar-refractivity contribution in [3.05, 3.63) is 54.1 Å². The molecular formula is C21H27N3O9. The number of hydrogen-bond acceptors (Lipinski definition) is 7. The van der Waals surface area contributed by atoms with Crippen LogP contribution in [0.2, 0.25) is 0 Å². The van der Waals surface area contributed by atoms with Gasteiger partial charge >= 0.3 is 23.9 Å². The molecule has 0 radical (unpaired) electrons. The van der Waals surface area contributed by atoms with E-state index in [4.69, 9.17) is 26.2 Å². The molecule has 0 aromatic heterocycles. The number of carbonyl (C=O) groups excluding carboxylic acids is 1. The molecule has 0 saturated carbocycles. The van der Waals surface area contributed by atoms with Gasteiger partial charge in [-0.1, -0.05) is 18.2 Å². The van der Waals surface area contributed by atoms with Gasteiger partial charge in [-0.3, -0.25) is 9.69 Å². The van der Waals surface area contributed by atoms with Crippen LogP contribution in [-0.2, 0) is 24.0 Å². The van der Waals surface area contributed by atoms with Gasteiger partial charge in [0.05, 0.1) is 6.54 Å². The maximum Gasteiger partial charge on any atom is 0.328 e. The highest BCUT2D eigenvalue weighted by Gasteiger charge is 2.18.